The molecular formula is C15H24O. The van der Waals surface area contributed by atoms with Crippen LogP contribution in [0.1, 0.15) is 53.4 Å². The molecule has 0 aliphatic heterocycles. The molecule has 0 aromatic heterocycles. The quantitative estimate of drug-likeness (QED) is 0.619. The maximum atomic E-state index is 11.2. The fraction of sp³-hybridized carbons (Fsp3) is 0.867. The van der Waals surface area contributed by atoms with Crippen LogP contribution >= 0.6 is 0 Å². The summed E-state index contributed by atoms with van der Waals surface area (Å²) >= 11 is 0. The number of hydrogen-bond acceptors (Lipinski definition) is 1. The van der Waals surface area contributed by atoms with E-state index in [0.29, 0.717) is 11.8 Å². The average Bonchev–Trinajstić information content (AvgIpc) is 2.66. The van der Waals surface area contributed by atoms with Crippen molar-refractivity contribution in [3.8, 4) is 0 Å². The van der Waals surface area contributed by atoms with Crippen LogP contribution in [0.25, 0.3) is 0 Å². The van der Waals surface area contributed by atoms with Crippen LogP contribution in [0.5, 0.6) is 0 Å². The predicted octanol–water partition coefficient (Wildman–Crippen LogP) is 3.53. The maximum absolute atomic E-state index is 11.2. The summed E-state index contributed by atoms with van der Waals surface area (Å²) in [7, 11) is 0. The zero-order chi connectivity index (χ0) is 11.8. The molecule has 0 radical (unpaired) electrons. The van der Waals surface area contributed by atoms with E-state index in [-0.39, 0.29) is 10.8 Å². The highest BCUT2D eigenvalue weighted by atomic mass is 16.3. The van der Waals surface area contributed by atoms with Gasteiger partial charge in [-0.05, 0) is 31.6 Å². The minimum absolute atomic E-state index is 0.0532. The van der Waals surface area contributed by atoms with Crippen molar-refractivity contribution in [3.05, 3.63) is 11.6 Å². The lowest BCUT2D eigenvalue weighted by molar-refractivity contribution is -0.0492. The predicted molar refractivity (Wildman–Crippen MR) is 66.0 cm³/mol. The van der Waals surface area contributed by atoms with Crippen LogP contribution in [0.15, 0.2) is 11.6 Å². The molecule has 1 N–H and O–H groups in total. The van der Waals surface area contributed by atoms with Gasteiger partial charge >= 0.3 is 0 Å². The second-order valence-electron chi connectivity index (χ2n) is 7.00. The first kappa shape index (κ1) is 10.8. The molecule has 0 spiro atoms. The van der Waals surface area contributed by atoms with E-state index in [1.807, 2.05) is 0 Å². The van der Waals surface area contributed by atoms with Crippen molar-refractivity contribution in [1.29, 1.82) is 0 Å². The van der Waals surface area contributed by atoms with Gasteiger partial charge in [0.15, 0.2) is 0 Å². The maximum Gasteiger partial charge on any atom is 0.0832 e. The Morgan fingerprint density at radius 1 is 1.31 bits per heavy atom. The summed E-state index contributed by atoms with van der Waals surface area (Å²) in [5, 5.41) is 11.2. The highest BCUT2D eigenvalue weighted by Crippen LogP contribution is 2.76. The monoisotopic (exact) mass is 220 g/mol. The lowest BCUT2D eigenvalue weighted by Gasteiger charge is -2.49. The van der Waals surface area contributed by atoms with E-state index in [2.05, 4.69) is 33.8 Å². The van der Waals surface area contributed by atoms with E-state index < -0.39 is 5.60 Å². The molecular weight excluding hydrogens is 196 g/mol. The van der Waals surface area contributed by atoms with Gasteiger partial charge in [-0.1, -0.05) is 39.3 Å². The molecule has 2 saturated carbocycles. The molecule has 3 rings (SSSR count). The molecule has 0 bridgehead atoms. The molecule has 90 valence electrons. The van der Waals surface area contributed by atoms with Gasteiger partial charge in [0, 0.05) is 16.7 Å². The summed E-state index contributed by atoms with van der Waals surface area (Å²) in [6.45, 7) is 9.16. The van der Waals surface area contributed by atoms with Gasteiger partial charge < -0.3 is 5.11 Å². The summed E-state index contributed by atoms with van der Waals surface area (Å²) in [5.74, 6) is 1.12. The standard InChI is InChI=1S/C15H24O/c1-10-6-5-7-11-8-9-12-13(2,3)15(12,16)14(10,11)4/h8,10,12,16H,5-7,9H2,1-4H3. The summed E-state index contributed by atoms with van der Waals surface area (Å²) in [6.07, 6.45) is 7.35. The number of aliphatic hydroxyl groups is 1. The molecule has 4 atom stereocenters. The number of hydrogen-bond donors (Lipinski definition) is 1. The Hall–Kier alpha value is -0.300. The highest BCUT2D eigenvalue weighted by Gasteiger charge is 2.79. The molecule has 1 nitrogen and oxygen atoms in total. The summed E-state index contributed by atoms with van der Waals surface area (Å²) in [4.78, 5) is 0. The third-order valence-electron chi connectivity index (χ3n) is 6.40. The fourth-order valence-electron chi connectivity index (χ4n) is 5.00. The Kier molecular flexibility index (Phi) is 1.86. The van der Waals surface area contributed by atoms with Crippen molar-refractivity contribution < 1.29 is 5.11 Å². The SMILES string of the molecule is CC1CCCC2=CCC3C(C)(C)C3(O)C21C. The molecule has 3 aliphatic carbocycles. The minimum atomic E-state index is -0.427. The number of allylic oxidation sites excluding steroid dienone is 1. The second-order valence-corrected chi connectivity index (χ2v) is 7.00. The van der Waals surface area contributed by atoms with Crippen LogP contribution in [0.4, 0.5) is 0 Å². The molecule has 2 fully saturated rings. The van der Waals surface area contributed by atoms with Gasteiger partial charge in [0.25, 0.3) is 0 Å². The highest BCUT2D eigenvalue weighted by molar-refractivity contribution is 5.40. The lowest BCUT2D eigenvalue weighted by atomic mass is 9.57. The van der Waals surface area contributed by atoms with Gasteiger partial charge in [0.2, 0.25) is 0 Å². The van der Waals surface area contributed by atoms with Crippen molar-refractivity contribution in [1.82, 2.24) is 0 Å². The summed E-state index contributed by atoms with van der Waals surface area (Å²) in [6, 6.07) is 0. The van der Waals surface area contributed by atoms with Crippen LogP contribution < -0.4 is 0 Å². The van der Waals surface area contributed by atoms with Gasteiger partial charge in [-0.15, -0.1) is 0 Å². The van der Waals surface area contributed by atoms with Gasteiger partial charge in [-0.3, -0.25) is 0 Å². The Morgan fingerprint density at radius 3 is 2.69 bits per heavy atom. The van der Waals surface area contributed by atoms with Gasteiger partial charge in [0.05, 0.1) is 5.60 Å². The minimum Gasteiger partial charge on any atom is -0.388 e. The molecule has 1 heteroatoms. The Bertz CT molecular complexity index is 368. The lowest BCUT2D eigenvalue weighted by Crippen LogP contribution is -2.48. The van der Waals surface area contributed by atoms with Crippen LogP contribution in [-0.4, -0.2) is 10.7 Å². The summed E-state index contributed by atoms with van der Waals surface area (Å²) < 4.78 is 0. The number of rotatable bonds is 0. The van der Waals surface area contributed by atoms with E-state index in [1.54, 1.807) is 5.57 Å². The van der Waals surface area contributed by atoms with E-state index in [1.165, 1.54) is 19.3 Å². The van der Waals surface area contributed by atoms with E-state index >= 15 is 0 Å². The van der Waals surface area contributed by atoms with Crippen LogP contribution in [0.2, 0.25) is 0 Å². The van der Waals surface area contributed by atoms with Crippen LogP contribution in [-0.2, 0) is 0 Å². The first-order valence-corrected chi connectivity index (χ1v) is 6.78. The summed E-state index contributed by atoms with van der Waals surface area (Å²) in [5.41, 5.74) is 1.29. The zero-order valence-electron chi connectivity index (χ0n) is 11.0. The van der Waals surface area contributed by atoms with Crippen LogP contribution in [0, 0.1) is 22.7 Å². The first-order chi connectivity index (χ1) is 7.37. The van der Waals surface area contributed by atoms with Crippen molar-refractivity contribution in [2.24, 2.45) is 22.7 Å². The zero-order valence-corrected chi connectivity index (χ0v) is 11.0. The Labute approximate surface area is 98.9 Å². The fourth-order valence-corrected chi connectivity index (χ4v) is 5.00. The smallest absolute Gasteiger partial charge is 0.0832 e. The molecule has 0 aromatic carbocycles. The third-order valence-corrected chi connectivity index (χ3v) is 6.40. The van der Waals surface area contributed by atoms with Crippen LogP contribution in [0.3, 0.4) is 0 Å². The van der Waals surface area contributed by atoms with E-state index in [0.717, 1.165) is 6.42 Å². The molecule has 0 saturated heterocycles. The largest absolute Gasteiger partial charge is 0.388 e. The van der Waals surface area contributed by atoms with Gasteiger partial charge in [-0.2, -0.15) is 0 Å². The normalized spacial score (nSPS) is 53.7. The molecule has 3 aliphatic rings. The average molecular weight is 220 g/mol. The van der Waals surface area contributed by atoms with Crippen molar-refractivity contribution in [2.45, 2.75) is 59.0 Å². The van der Waals surface area contributed by atoms with Gasteiger partial charge in [0.1, 0.15) is 0 Å². The molecule has 0 aromatic rings. The number of fused-ring (bicyclic) bond motifs is 3. The second kappa shape index (κ2) is 2.75. The first-order valence-electron chi connectivity index (χ1n) is 6.78. The molecule has 0 amide bonds. The molecule has 16 heavy (non-hydrogen) atoms. The van der Waals surface area contributed by atoms with E-state index in [9.17, 15) is 5.11 Å². The van der Waals surface area contributed by atoms with Crippen molar-refractivity contribution >= 4 is 0 Å². The molecule has 4 unspecified atom stereocenters. The van der Waals surface area contributed by atoms with Crippen molar-refractivity contribution in [2.75, 3.05) is 0 Å². The third kappa shape index (κ3) is 0.860. The molecule has 0 heterocycles. The van der Waals surface area contributed by atoms with Gasteiger partial charge in [-0.25, -0.2) is 0 Å². The topological polar surface area (TPSA) is 20.2 Å². The van der Waals surface area contributed by atoms with E-state index in [4.69, 9.17) is 0 Å². The Morgan fingerprint density at radius 2 is 2.00 bits per heavy atom. The van der Waals surface area contributed by atoms with Crippen molar-refractivity contribution in [3.63, 3.8) is 0 Å². The Balaban J connectivity index is 2.11.